The summed E-state index contributed by atoms with van der Waals surface area (Å²) < 4.78 is 1.21. The van der Waals surface area contributed by atoms with E-state index >= 15 is 0 Å². The number of hydrogen-bond acceptors (Lipinski definition) is 5. The van der Waals surface area contributed by atoms with Gasteiger partial charge in [-0.3, -0.25) is 19.3 Å². The molecule has 1 atom stereocenters. The Hall–Kier alpha value is -2.94. The van der Waals surface area contributed by atoms with E-state index in [1.54, 1.807) is 11.3 Å². The van der Waals surface area contributed by atoms with Gasteiger partial charge in [-0.15, -0.1) is 11.3 Å². The zero-order valence-corrected chi connectivity index (χ0v) is 15.2. The number of carbonyl (C=O) groups excluding carboxylic acids is 3. The molecule has 0 saturated carbocycles. The molecule has 3 rings (SSSR count). The molecule has 0 spiro atoms. The molecule has 2 aromatic rings. The highest BCUT2D eigenvalue weighted by atomic mass is 32.1. The largest absolute Gasteiger partial charge is 0.483 e. The van der Waals surface area contributed by atoms with Gasteiger partial charge in [-0.2, -0.15) is 0 Å². The highest BCUT2D eigenvalue weighted by Crippen LogP contribution is 2.22. The molecule has 0 radical (unpaired) electrons. The number of imide groups is 1. The van der Waals surface area contributed by atoms with Crippen molar-refractivity contribution in [1.29, 1.82) is 0 Å². The van der Waals surface area contributed by atoms with Crippen LogP contribution in [-0.2, 0) is 20.9 Å². The van der Waals surface area contributed by atoms with Gasteiger partial charge in [-0.1, -0.05) is 6.07 Å². The molecule has 1 aromatic carbocycles. The molecule has 1 saturated heterocycles. The molecule has 1 unspecified atom stereocenters. The number of rotatable bonds is 4. The maximum Gasteiger partial charge on any atom is 0.326 e. The number of nitrogens with one attached hydrogen (secondary N) is 1. The lowest BCUT2D eigenvalue weighted by molar-refractivity contribution is -0.131. The standard InChI is InChI=1S/C16H17N3O3S.CH2O2/c1-18-12(15(21)19(2)16(18)22)8-14(20)17-9-10-3-4-13-11(7-10)5-6-23-13;2-1-3/h3-7,12H,8-9H2,1-2H3,(H,17,20);1H,(H,2,3). The summed E-state index contributed by atoms with van der Waals surface area (Å²) in [5, 5.41) is 12.9. The molecule has 138 valence electrons. The average molecular weight is 377 g/mol. The summed E-state index contributed by atoms with van der Waals surface area (Å²) in [4.78, 5) is 46.4. The van der Waals surface area contributed by atoms with Crippen molar-refractivity contribution >= 4 is 45.7 Å². The molecule has 4 amide bonds. The van der Waals surface area contributed by atoms with Crippen LogP contribution in [0, 0.1) is 0 Å². The molecule has 1 aromatic heterocycles. The van der Waals surface area contributed by atoms with Crippen molar-refractivity contribution < 1.29 is 24.3 Å². The number of urea groups is 1. The molecular weight excluding hydrogens is 358 g/mol. The van der Waals surface area contributed by atoms with E-state index in [0.29, 0.717) is 6.54 Å². The second-order valence-corrected chi connectivity index (χ2v) is 6.63. The van der Waals surface area contributed by atoms with E-state index in [2.05, 4.69) is 5.32 Å². The molecule has 2 heterocycles. The Labute approximate surface area is 154 Å². The first-order valence-electron chi connectivity index (χ1n) is 7.74. The zero-order chi connectivity index (χ0) is 19.3. The lowest BCUT2D eigenvalue weighted by atomic mass is 10.1. The Morgan fingerprint density at radius 1 is 1.31 bits per heavy atom. The van der Waals surface area contributed by atoms with Crippen molar-refractivity contribution in [2.24, 2.45) is 0 Å². The van der Waals surface area contributed by atoms with Gasteiger partial charge in [0.15, 0.2) is 0 Å². The summed E-state index contributed by atoms with van der Waals surface area (Å²) in [5.74, 6) is -0.587. The topological polar surface area (TPSA) is 107 Å². The van der Waals surface area contributed by atoms with Crippen molar-refractivity contribution in [3.8, 4) is 0 Å². The van der Waals surface area contributed by atoms with Crippen molar-refractivity contribution in [3.05, 3.63) is 35.2 Å². The third kappa shape index (κ3) is 4.17. The van der Waals surface area contributed by atoms with E-state index in [1.807, 2.05) is 29.6 Å². The molecule has 26 heavy (non-hydrogen) atoms. The van der Waals surface area contributed by atoms with Crippen LogP contribution < -0.4 is 5.32 Å². The van der Waals surface area contributed by atoms with Crippen molar-refractivity contribution in [3.63, 3.8) is 0 Å². The minimum atomic E-state index is -0.716. The molecular formula is C17H19N3O5S. The van der Waals surface area contributed by atoms with Crippen LogP contribution in [0.3, 0.4) is 0 Å². The Kier molecular flexibility index (Phi) is 6.29. The van der Waals surface area contributed by atoms with Crippen LogP contribution in [0.25, 0.3) is 10.1 Å². The molecule has 1 aliphatic rings. The number of carboxylic acid groups (broad SMARTS) is 1. The maximum absolute atomic E-state index is 12.1. The zero-order valence-electron chi connectivity index (χ0n) is 14.3. The summed E-state index contributed by atoms with van der Waals surface area (Å²) in [5.41, 5.74) is 1.00. The van der Waals surface area contributed by atoms with Gasteiger partial charge in [0.2, 0.25) is 5.91 Å². The third-order valence-electron chi connectivity index (χ3n) is 4.06. The van der Waals surface area contributed by atoms with Gasteiger partial charge in [0.25, 0.3) is 12.4 Å². The number of thiophene rings is 1. The number of benzene rings is 1. The minimum absolute atomic E-state index is 0.0217. The Balaban J connectivity index is 0.000000758. The van der Waals surface area contributed by atoms with Gasteiger partial charge in [-0.05, 0) is 34.5 Å². The second kappa shape index (κ2) is 8.43. The Morgan fingerprint density at radius 3 is 2.62 bits per heavy atom. The number of nitrogens with zero attached hydrogens (tertiary/aromatic N) is 2. The highest BCUT2D eigenvalue weighted by Gasteiger charge is 2.41. The normalized spacial score (nSPS) is 16.5. The molecule has 0 aliphatic carbocycles. The smallest absolute Gasteiger partial charge is 0.326 e. The molecule has 8 nitrogen and oxygen atoms in total. The van der Waals surface area contributed by atoms with Gasteiger partial charge >= 0.3 is 6.03 Å². The number of fused-ring (bicyclic) bond motifs is 1. The first-order valence-corrected chi connectivity index (χ1v) is 8.62. The predicted molar refractivity (Wildman–Crippen MR) is 96.7 cm³/mol. The van der Waals surface area contributed by atoms with E-state index in [-0.39, 0.29) is 30.7 Å². The van der Waals surface area contributed by atoms with Crippen LogP contribution in [0.15, 0.2) is 29.6 Å². The fourth-order valence-electron chi connectivity index (χ4n) is 2.65. The number of amides is 4. The minimum Gasteiger partial charge on any atom is -0.483 e. The van der Waals surface area contributed by atoms with Crippen LogP contribution in [0.2, 0.25) is 0 Å². The molecule has 1 aliphatic heterocycles. The summed E-state index contributed by atoms with van der Waals surface area (Å²) >= 11 is 1.68. The van der Waals surface area contributed by atoms with Crippen LogP contribution in [0.1, 0.15) is 12.0 Å². The predicted octanol–water partition coefficient (Wildman–Crippen LogP) is 1.50. The quantitative estimate of drug-likeness (QED) is 0.620. The van der Waals surface area contributed by atoms with Crippen molar-refractivity contribution in [2.45, 2.75) is 19.0 Å². The summed E-state index contributed by atoms with van der Waals surface area (Å²) in [6.45, 7) is 0.152. The van der Waals surface area contributed by atoms with E-state index in [4.69, 9.17) is 9.90 Å². The van der Waals surface area contributed by atoms with Crippen LogP contribution in [0.5, 0.6) is 0 Å². The number of hydrogen-bond donors (Lipinski definition) is 2. The van der Waals surface area contributed by atoms with Gasteiger partial charge in [0.05, 0.1) is 6.42 Å². The van der Waals surface area contributed by atoms with Crippen molar-refractivity contribution in [2.75, 3.05) is 14.1 Å². The van der Waals surface area contributed by atoms with Gasteiger partial charge in [0.1, 0.15) is 6.04 Å². The monoisotopic (exact) mass is 377 g/mol. The molecule has 2 N–H and O–H groups in total. The second-order valence-electron chi connectivity index (χ2n) is 5.69. The van der Waals surface area contributed by atoms with E-state index < -0.39 is 6.04 Å². The first kappa shape index (κ1) is 19.4. The average Bonchev–Trinajstić information content (AvgIpc) is 3.16. The van der Waals surface area contributed by atoms with Crippen LogP contribution >= 0.6 is 11.3 Å². The first-order chi connectivity index (χ1) is 12.4. The van der Waals surface area contributed by atoms with Gasteiger partial charge in [0, 0.05) is 25.3 Å². The lowest BCUT2D eigenvalue weighted by Crippen LogP contribution is -2.37. The number of carbonyl (C=O) groups is 4. The summed E-state index contributed by atoms with van der Waals surface area (Å²) in [6, 6.07) is 6.99. The fraction of sp³-hybridized carbons (Fsp3) is 0.294. The maximum atomic E-state index is 12.1. The van der Waals surface area contributed by atoms with E-state index in [0.717, 1.165) is 15.8 Å². The number of likely N-dealkylation sites (N-methyl/N-ethyl adjacent to an activating group) is 2. The third-order valence-corrected chi connectivity index (χ3v) is 4.95. The SMILES string of the molecule is CN1C(=O)C(CC(=O)NCc2ccc3sccc3c2)N(C)C1=O.O=CO. The molecule has 9 heteroatoms. The summed E-state index contributed by atoms with van der Waals surface area (Å²) in [6.07, 6.45) is -0.0217. The Bertz CT molecular complexity index is 835. The molecule has 0 bridgehead atoms. The fourth-order valence-corrected chi connectivity index (χ4v) is 3.42. The van der Waals surface area contributed by atoms with E-state index in [1.165, 1.54) is 23.7 Å². The van der Waals surface area contributed by atoms with E-state index in [9.17, 15) is 14.4 Å². The van der Waals surface area contributed by atoms with Gasteiger partial charge in [-0.25, -0.2) is 4.79 Å². The lowest BCUT2D eigenvalue weighted by Gasteiger charge is -2.15. The van der Waals surface area contributed by atoms with Crippen molar-refractivity contribution in [1.82, 2.24) is 15.1 Å². The van der Waals surface area contributed by atoms with Crippen LogP contribution in [0.4, 0.5) is 4.79 Å². The van der Waals surface area contributed by atoms with Gasteiger partial charge < -0.3 is 15.3 Å². The molecule has 1 fully saturated rings. The highest BCUT2D eigenvalue weighted by molar-refractivity contribution is 7.17. The van der Waals surface area contributed by atoms with Crippen LogP contribution in [-0.4, -0.2) is 59.4 Å². The Morgan fingerprint density at radius 2 is 2.00 bits per heavy atom. The summed E-state index contributed by atoms with van der Waals surface area (Å²) in [7, 11) is 2.96.